The molecule has 0 saturated heterocycles. The van der Waals surface area contributed by atoms with Gasteiger partial charge < -0.3 is 5.73 Å². The Morgan fingerprint density at radius 1 is 1.50 bits per heavy atom. The van der Waals surface area contributed by atoms with Crippen molar-refractivity contribution in [3.8, 4) is 0 Å². The molecule has 50 valence electrons. The molecule has 2 N–H and O–H groups in total. The molecular weight excluding hydrogens is 124 g/mol. The van der Waals surface area contributed by atoms with Crippen LogP contribution in [0.2, 0.25) is 0 Å². The fraction of sp³-hybridized carbons (Fsp3) is 0.125. The topological polar surface area (TPSA) is 30.4 Å². The van der Waals surface area contributed by atoms with Gasteiger partial charge in [-0.25, -0.2) is 4.85 Å². The smallest absolute Gasteiger partial charge is 0.190 e. The van der Waals surface area contributed by atoms with Crippen LogP contribution in [0.5, 0.6) is 0 Å². The van der Waals surface area contributed by atoms with E-state index in [2.05, 4.69) is 4.85 Å². The molecule has 0 bridgehead atoms. The number of hydrogen-bond acceptors (Lipinski definition) is 1. The summed E-state index contributed by atoms with van der Waals surface area (Å²) in [5, 5.41) is 0. The van der Waals surface area contributed by atoms with Gasteiger partial charge in [-0.15, -0.1) is 0 Å². The highest BCUT2D eigenvalue weighted by molar-refractivity contribution is 5.57. The highest BCUT2D eigenvalue weighted by atomic mass is 14.6. The maximum absolute atomic E-state index is 6.74. The number of hydrogen-bond donors (Lipinski definition) is 1. The SMILES string of the molecule is [C-]#[N+]c1ccc(N)cc1C. The van der Waals surface area contributed by atoms with E-state index in [0.29, 0.717) is 11.4 Å². The van der Waals surface area contributed by atoms with Crippen LogP contribution >= 0.6 is 0 Å². The van der Waals surface area contributed by atoms with Crippen molar-refractivity contribution in [1.82, 2.24) is 0 Å². The van der Waals surface area contributed by atoms with Crippen molar-refractivity contribution in [2.75, 3.05) is 5.73 Å². The number of aryl methyl sites for hydroxylation is 1. The summed E-state index contributed by atoms with van der Waals surface area (Å²) >= 11 is 0. The Labute approximate surface area is 60.1 Å². The molecule has 0 fully saturated rings. The molecule has 0 spiro atoms. The van der Waals surface area contributed by atoms with Gasteiger partial charge in [-0.3, -0.25) is 0 Å². The maximum Gasteiger partial charge on any atom is 0.190 e. The predicted molar refractivity (Wildman–Crippen MR) is 41.9 cm³/mol. The zero-order valence-corrected chi connectivity index (χ0v) is 5.76. The first kappa shape index (κ1) is 6.63. The highest BCUT2D eigenvalue weighted by Gasteiger charge is 1.94. The molecule has 0 aliphatic rings. The van der Waals surface area contributed by atoms with Crippen molar-refractivity contribution in [3.05, 3.63) is 35.2 Å². The highest BCUT2D eigenvalue weighted by Crippen LogP contribution is 2.19. The van der Waals surface area contributed by atoms with E-state index in [-0.39, 0.29) is 0 Å². The summed E-state index contributed by atoms with van der Waals surface area (Å²) in [6.07, 6.45) is 0. The maximum atomic E-state index is 6.74. The Morgan fingerprint density at radius 2 is 2.20 bits per heavy atom. The van der Waals surface area contributed by atoms with E-state index in [9.17, 15) is 0 Å². The van der Waals surface area contributed by atoms with E-state index in [0.717, 1.165) is 5.56 Å². The van der Waals surface area contributed by atoms with E-state index >= 15 is 0 Å². The minimum Gasteiger partial charge on any atom is -0.399 e. The molecule has 0 aromatic heterocycles. The van der Waals surface area contributed by atoms with Gasteiger partial charge in [0.2, 0.25) is 0 Å². The zero-order chi connectivity index (χ0) is 7.56. The number of anilines is 1. The minimum absolute atomic E-state index is 0.675. The van der Waals surface area contributed by atoms with Crippen LogP contribution < -0.4 is 5.73 Å². The summed E-state index contributed by atoms with van der Waals surface area (Å²) in [5.41, 5.74) is 7.81. The van der Waals surface area contributed by atoms with Crippen LogP contribution in [-0.2, 0) is 0 Å². The summed E-state index contributed by atoms with van der Waals surface area (Å²) in [6, 6.07) is 5.27. The van der Waals surface area contributed by atoms with Gasteiger partial charge in [0.1, 0.15) is 0 Å². The van der Waals surface area contributed by atoms with Crippen LogP contribution in [0.15, 0.2) is 18.2 Å². The average molecular weight is 132 g/mol. The van der Waals surface area contributed by atoms with Crippen LogP contribution in [0, 0.1) is 13.5 Å². The van der Waals surface area contributed by atoms with Crippen LogP contribution in [0.3, 0.4) is 0 Å². The van der Waals surface area contributed by atoms with Gasteiger partial charge in [0.25, 0.3) is 0 Å². The molecule has 1 rings (SSSR count). The Kier molecular flexibility index (Phi) is 1.59. The second kappa shape index (κ2) is 2.40. The molecule has 1 aromatic rings. The largest absolute Gasteiger partial charge is 0.399 e. The molecule has 2 heteroatoms. The number of nitrogens with zero attached hydrogens (tertiary/aromatic N) is 1. The first-order valence-electron chi connectivity index (χ1n) is 2.97. The molecule has 0 radical (unpaired) electrons. The van der Waals surface area contributed by atoms with Crippen molar-refractivity contribution in [3.63, 3.8) is 0 Å². The third kappa shape index (κ3) is 1.08. The second-order valence-electron chi connectivity index (χ2n) is 2.16. The van der Waals surface area contributed by atoms with Gasteiger partial charge in [-0.1, -0.05) is 6.07 Å². The molecule has 0 amide bonds. The molecule has 1 aromatic carbocycles. The molecule has 10 heavy (non-hydrogen) atoms. The normalized spacial score (nSPS) is 8.80. The number of rotatable bonds is 0. The van der Waals surface area contributed by atoms with Crippen molar-refractivity contribution in [2.24, 2.45) is 0 Å². The van der Waals surface area contributed by atoms with E-state index in [1.54, 1.807) is 18.2 Å². The van der Waals surface area contributed by atoms with E-state index in [1.807, 2.05) is 6.92 Å². The standard InChI is InChI=1S/C8H8N2/c1-6-5-7(9)3-4-8(6)10-2/h3-5H,9H2,1H3. The summed E-state index contributed by atoms with van der Waals surface area (Å²) in [6.45, 7) is 8.62. The Balaban J connectivity index is 3.23. The summed E-state index contributed by atoms with van der Waals surface area (Å²) < 4.78 is 0. The van der Waals surface area contributed by atoms with Crippen molar-refractivity contribution < 1.29 is 0 Å². The number of benzene rings is 1. The molecule has 0 unspecified atom stereocenters. The van der Waals surface area contributed by atoms with E-state index in [1.165, 1.54) is 0 Å². The van der Waals surface area contributed by atoms with Gasteiger partial charge in [0, 0.05) is 5.69 Å². The molecule has 0 heterocycles. The Hall–Kier alpha value is -1.49. The summed E-state index contributed by atoms with van der Waals surface area (Å²) in [4.78, 5) is 3.31. The van der Waals surface area contributed by atoms with Crippen LogP contribution in [0.4, 0.5) is 11.4 Å². The van der Waals surface area contributed by atoms with Gasteiger partial charge >= 0.3 is 0 Å². The van der Waals surface area contributed by atoms with Crippen LogP contribution in [0.25, 0.3) is 4.85 Å². The number of nitrogens with two attached hydrogens (primary N) is 1. The average Bonchev–Trinajstić information content (AvgIpc) is 1.88. The van der Waals surface area contributed by atoms with Crippen LogP contribution in [0.1, 0.15) is 5.56 Å². The lowest BCUT2D eigenvalue weighted by atomic mass is 10.2. The monoisotopic (exact) mass is 132 g/mol. The van der Waals surface area contributed by atoms with Gasteiger partial charge in [0.05, 0.1) is 6.57 Å². The minimum atomic E-state index is 0.675. The zero-order valence-electron chi connectivity index (χ0n) is 5.76. The first-order chi connectivity index (χ1) is 4.74. The third-order valence-corrected chi connectivity index (χ3v) is 1.34. The van der Waals surface area contributed by atoms with Crippen LogP contribution in [-0.4, -0.2) is 0 Å². The predicted octanol–water partition coefficient (Wildman–Crippen LogP) is 2.13. The summed E-state index contributed by atoms with van der Waals surface area (Å²) in [7, 11) is 0. The third-order valence-electron chi connectivity index (χ3n) is 1.34. The molecule has 0 aliphatic carbocycles. The molecule has 2 nitrogen and oxygen atoms in total. The Bertz CT molecular complexity index is 284. The van der Waals surface area contributed by atoms with E-state index < -0.39 is 0 Å². The lowest BCUT2D eigenvalue weighted by molar-refractivity contribution is 1.49. The first-order valence-corrected chi connectivity index (χ1v) is 2.97. The lowest BCUT2D eigenvalue weighted by Gasteiger charge is -1.96. The summed E-state index contributed by atoms with van der Waals surface area (Å²) in [5.74, 6) is 0. The molecule has 0 atom stereocenters. The van der Waals surface area contributed by atoms with Gasteiger partial charge in [0.15, 0.2) is 5.69 Å². The van der Waals surface area contributed by atoms with Crippen molar-refractivity contribution in [1.29, 1.82) is 0 Å². The van der Waals surface area contributed by atoms with Crippen molar-refractivity contribution in [2.45, 2.75) is 6.92 Å². The van der Waals surface area contributed by atoms with Crippen molar-refractivity contribution >= 4 is 11.4 Å². The Morgan fingerprint density at radius 3 is 2.70 bits per heavy atom. The molecule has 0 saturated carbocycles. The van der Waals surface area contributed by atoms with Gasteiger partial charge in [-0.05, 0) is 24.6 Å². The van der Waals surface area contributed by atoms with E-state index in [4.69, 9.17) is 12.3 Å². The fourth-order valence-corrected chi connectivity index (χ4v) is 0.804. The molecule has 0 aliphatic heterocycles. The van der Waals surface area contributed by atoms with Gasteiger partial charge in [-0.2, -0.15) is 0 Å². The number of nitrogen functional groups attached to an aromatic ring is 1. The fourth-order valence-electron chi connectivity index (χ4n) is 0.804. The lowest BCUT2D eigenvalue weighted by Crippen LogP contribution is -1.83. The quantitative estimate of drug-likeness (QED) is 0.425. The molecular formula is C8H8N2. The second-order valence-corrected chi connectivity index (χ2v) is 2.16.